The highest BCUT2D eigenvalue weighted by molar-refractivity contribution is 5.56. The van der Waals surface area contributed by atoms with Crippen molar-refractivity contribution in [2.45, 2.75) is 27.2 Å². The van der Waals surface area contributed by atoms with E-state index in [2.05, 4.69) is 27.1 Å². The number of aromatic amines is 1. The third-order valence-electron chi connectivity index (χ3n) is 1.88. The fraction of sp³-hybridized carbons (Fsp3) is 0.364. The first-order valence-corrected chi connectivity index (χ1v) is 5.20. The Balaban J connectivity index is 0.000000531. The number of H-pyrrole nitrogens is 1. The molecule has 0 fully saturated rings. The second-order valence-electron chi connectivity index (χ2n) is 2.74. The van der Waals surface area contributed by atoms with Crippen molar-refractivity contribution in [2.75, 3.05) is 0 Å². The molecule has 2 rings (SSSR count). The quantitative estimate of drug-likeness (QED) is 0.817. The summed E-state index contributed by atoms with van der Waals surface area (Å²) >= 11 is 0. The van der Waals surface area contributed by atoms with Gasteiger partial charge in [0.2, 0.25) is 0 Å². The Hall–Kier alpha value is -1.71. The molecular formula is C11H16N4. The molecule has 0 spiro atoms. The predicted octanol–water partition coefficient (Wildman–Crippen LogP) is 2.46. The Bertz CT molecular complexity index is 381. The summed E-state index contributed by atoms with van der Waals surface area (Å²) in [6.07, 6.45) is 6.08. The number of hydrogen-bond acceptors (Lipinski definition) is 3. The van der Waals surface area contributed by atoms with Crippen LogP contribution in [0.3, 0.4) is 0 Å². The first-order valence-electron chi connectivity index (χ1n) is 5.20. The monoisotopic (exact) mass is 204 g/mol. The van der Waals surface area contributed by atoms with Gasteiger partial charge in [0.25, 0.3) is 0 Å². The lowest BCUT2D eigenvalue weighted by Gasteiger charge is -1.97. The lowest BCUT2D eigenvalue weighted by molar-refractivity contribution is 1.00. The minimum Gasteiger partial charge on any atom is -0.285 e. The number of nitrogens with one attached hydrogen (secondary N) is 1. The summed E-state index contributed by atoms with van der Waals surface area (Å²) in [7, 11) is 0. The average Bonchev–Trinajstić information content (AvgIpc) is 2.85. The predicted molar refractivity (Wildman–Crippen MR) is 60.3 cm³/mol. The van der Waals surface area contributed by atoms with E-state index < -0.39 is 0 Å². The lowest BCUT2D eigenvalue weighted by atomic mass is 10.2. The molecule has 4 heteroatoms. The second kappa shape index (κ2) is 5.90. The summed E-state index contributed by atoms with van der Waals surface area (Å²) in [6, 6.07) is 1.98. The fourth-order valence-electron chi connectivity index (χ4n) is 1.14. The van der Waals surface area contributed by atoms with Crippen LogP contribution in [-0.4, -0.2) is 20.2 Å². The van der Waals surface area contributed by atoms with E-state index in [1.165, 1.54) is 0 Å². The zero-order valence-electron chi connectivity index (χ0n) is 9.36. The topological polar surface area (TPSA) is 54.5 Å². The van der Waals surface area contributed by atoms with E-state index in [4.69, 9.17) is 0 Å². The van der Waals surface area contributed by atoms with Gasteiger partial charge in [-0.15, -0.1) is 0 Å². The first kappa shape index (κ1) is 11.4. The van der Waals surface area contributed by atoms with Gasteiger partial charge in [-0.1, -0.05) is 20.8 Å². The molecule has 0 amide bonds. The molecule has 0 atom stereocenters. The fourth-order valence-corrected chi connectivity index (χ4v) is 1.14. The van der Waals surface area contributed by atoms with Crippen molar-refractivity contribution in [3.05, 3.63) is 30.5 Å². The van der Waals surface area contributed by atoms with E-state index in [0.717, 1.165) is 23.4 Å². The highest BCUT2D eigenvalue weighted by Crippen LogP contribution is 2.14. The Morgan fingerprint density at radius 1 is 1.27 bits per heavy atom. The third-order valence-corrected chi connectivity index (χ3v) is 1.88. The van der Waals surface area contributed by atoms with Crippen molar-refractivity contribution in [1.29, 1.82) is 0 Å². The second-order valence-corrected chi connectivity index (χ2v) is 2.74. The third kappa shape index (κ3) is 2.87. The summed E-state index contributed by atoms with van der Waals surface area (Å²) < 4.78 is 0. The molecule has 0 unspecified atom stereocenters. The molecule has 0 aliphatic rings. The highest BCUT2D eigenvalue weighted by atomic mass is 15.1. The Kier molecular flexibility index (Phi) is 4.47. The smallest absolute Gasteiger partial charge is 0.116 e. The van der Waals surface area contributed by atoms with Crippen molar-refractivity contribution in [3.8, 4) is 11.3 Å². The van der Waals surface area contributed by atoms with Gasteiger partial charge in [0.15, 0.2) is 0 Å². The maximum Gasteiger partial charge on any atom is 0.116 e. The largest absolute Gasteiger partial charge is 0.285 e. The van der Waals surface area contributed by atoms with Crippen LogP contribution in [0.15, 0.2) is 24.8 Å². The lowest BCUT2D eigenvalue weighted by Crippen LogP contribution is -1.90. The number of rotatable bonds is 2. The van der Waals surface area contributed by atoms with Crippen LogP contribution in [0, 0.1) is 0 Å². The Morgan fingerprint density at radius 2 is 2.07 bits per heavy atom. The van der Waals surface area contributed by atoms with Crippen molar-refractivity contribution in [3.63, 3.8) is 0 Å². The van der Waals surface area contributed by atoms with Gasteiger partial charge in [-0.05, 0) is 12.5 Å². The molecule has 80 valence electrons. The minimum atomic E-state index is 0.917. The highest BCUT2D eigenvalue weighted by Gasteiger charge is 2.00. The molecule has 0 saturated carbocycles. The normalized spacial score (nSPS) is 9.27. The van der Waals surface area contributed by atoms with Crippen LogP contribution in [0.1, 0.15) is 26.5 Å². The van der Waals surface area contributed by atoms with E-state index in [1.807, 2.05) is 26.1 Å². The summed E-state index contributed by atoms with van der Waals surface area (Å²) in [5.74, 6) is 0. The Labute approximate surface area is 89.8 Å². The maximum atomic E-state index is 4.16. The van der Waals surface area contributed by atoms with Crippen molar-refractivity contribution in [2.24, 2.45) is 0 Å². The number of hydrogen-bond donors (Lipinski definition) is 1. The summed E-state index contributed by atoms with van der Waals surface area (Å²) in [4.78, 5) is 8.28. The molecule has 1 N–H and O–H groups in total. The zero-order valence-corrected chi connectivity index (χ0v) is 9.36. The molecule has 2 aromatic heterocycles. The standard InChI is InChI=1S/C9H10N4.C2H6/c1-2-8-3-9(11-6-10-8)7-4-12-13-5-7;1-2/h3-6H,2H2,1H3,(H,12,13);1-2H3. The molecule has 0 aromatic carbocycles. The van der Waals surface area contributed by atoms with Gasteiger partial charge in [-0.2, -0.15) is 5.10 Å². The van der Waals surface area contributed by atoms with Gasteiger partial charge in [0.05, 0.1) is 11.9 Å². The zero-order chi connectivity index (χ0) is 11.1. The van der Waals surface area contributed by atoms with Crippen molar-refractivity contribution in [1.82, 2.24) is 20.2 Å². The molecule has 0 radical (unpaired) electrons. The maximum absolute atomic E-state index is 4.16. The molecule has 2 aromatic rings. The SMILES string of the molecule is CC.CCc1cc(-c2cn[nH]c2)ncn1. The van der Waals surface area contributed by atoms with E-state index in [1.54, 1.807) is 12.5 Å². The molecule has 0 aliphatic heterocycles. The van der Waals surface area contributed by atoms with Crippen LogP contribution in [0.5, 0.6) is 0 Å². The van der Waals surface area contributed by atoms with E-state index in [0.29, 0.717) is 0 Å². The van der Waals surface area contributed by atoms with Crippen molar-refractivity contribution < 1.29 is 0 Å². The molecule has 4 nitrogen and oxygen atoms in total. The summed E-state index contributed by atoms with van der Waals surface area (Å²) in [5, 5.41) is 6.62. The van der Waals surface area contributed by atoms with Gasteiger partial charge in [-0.3, -0.25) is 5.10 Å². The van der Waals surface area contributed by atoms with Crippen LogP contribution < -0.4 is 0 Å². The van der Waals surface area contributed by atoms with Gasteiger partial charge < -0.3 is 0 Å². The average molecular weight is 204 g/mol. The first-order chi connectivity index (χ1) is 7.40. The van der Waals surface area contributed by atoms with Gasteiger partial charge in [0, 0.05) is 17.5 Å². The molecule has 0 aliphatic carbocycles. The van der Waals surface area contributed by atoms with Crippen LogP contribution >= 0.6 is 0 Å². The van der Waals surface area contributed by atoms with Crippen LogP contribution in [-0.2, 0) is 6.42 Å². The van der Waals surface area contributed by atoms with Gasteiger partial charge in [-0.25, -0.2) is 9.97 Å². The van der Waals surface area contributed by atoms with Gasteiger partial charge >= 0.3 is 0 Å². The van der Waals surface area contributed by atoms with Crippen LogP contribution in [0.4, 0.5) is 0 Å². The molecule has 0 bridgehead atoms. The van der Waals surface area contributed by atoms with Gasteiger partial charge in [0.1, 0.15) is 6.33 Å². The minimum absolute atomic E-state index is 0.917. The number of nitrogens with zero attached hydrogens (tertiary/aromatic N) is 3. The Morgan fingerprint density at radius 3 is 2.67 bits per heavy atom. The van der Waals surface area contributed by atoms with E-state index in [-0.39, 0.29) is 0 Å². The van der Waals surface area contributed by atoms with Crippen LogP contribution in [0.25, 0.3) is 11.3 Å². The van der Waals surface area contributed by atoms with Crippen LogP contribution in [0.2, 0.25) is 0 Å². The molecule has 2 heterocycles. The molecule has 15 heavy (non-hydrogen) atoms. The summed E-state index contributed by atoms with van der Waals surface area (Å²) in [5.41, 5.74) is 2.96. The van der Waals surface area contributed by atoms with E-state index in [9.17, 15) is 0 Å². The number of aryl methyl sites for hydroxylation is 1. The molecule has 0 saturated heterocycles. The number of aromatic nitrogens is 4. The molecular weight excluding hydrogens is 188 g/mol. The van der Waals surface area contributed by atoms with E-state index >= 15 is 0 Å². The summed E-state index contributed by atoms with van der Waals surface area (Å²) in [6.45, 7) is 6.07. The van der Waals surface area contributed by atoms with Crippen molar-refractivity contribution >= 4 is 0 Å².